The molecule has 1 aromatic carbocycles. The molecule has 0 N–H and O–H groups in total. The number of hydrogen-bond acceptors (Lipinski definition) is 3. The molecule has 0 aliphatic carbocycles. The minimum absolute atomic E-state index is 0.181. The Morgan fingerprint density at radius 3 is 2.05 bits per heavy atom. The third kappa shape index (κ3) is 3.69. The van der Waals surface area contributed by atoms with Gasteiger partial charge in [0.25, 0.3) is 0 Å². The molecule has 106 valence electrons. The van der Waals surface area contributed by atoms with Gasteiger partial charge in [-0.25, -0.2) is 0 Å². The van der Waals surface area contributed by atoms with Crippen LogP contribution >= 0.6 is 0 Å². The highest BCUT2D eigenvalue weighted by atomic mass is 32.2. The zero-order valence-electron chi connectivity index (χ0n) is 10.1. The molecule has 0 heterocycles. The van der Waals surface area contributed by atoms with Crippen molar-refractivity contribution in [2.24, 2.45) is 4.40 Å². The van der Waals surface area contributed by atoms with Gasteiger partial charge in [-0.3, -0.25) is 0 Å². The summed E-state index contributed by atoms with van der Waals surface area (Å²) >= 11 is 0. The summed E-state index contributed by atoms with van der Waals surface area (Å²) in [4.78, 5) is 0. The van der Waals surface area contributed by atoms with Crippen LogP contribution in [0.2, 0.25) is 0 Å². The largest absolute Gasteiger partial charge is 0.858 e. The van der Waals surface area contributed by atoms with E-state index in [0.29, 0.717) is 0 Å². The first kappa shape index (κ1) is 15.5. The molecule has 0 saturated heterocycles. The van der Waals surface area contributed by atoms with Gasteiger partial charge in [0.1, 0.15) is 0 Å². The Kier molecular flexibility index (Phi) is 4.24. The third-order valence-corrected chi connectivity index (χ3v) is 3.31. The summed E-state index contributed by atoms with van der Waals surface area (Å²) in [6.07, 6.45) is 0. The Labute approximate surface area is 108 Å². The molecule has 1 aromatic rings. The lowest BCUT2D eigenvalue weighted by Crippen LogP contribution is -2.27. The van der Waals surface area contributed by atoms with Crippen LogP contribution in [0.4, 0.5) is 13.2 Å². The maximum Gasteiger partial charge on any atom is 0.518 e. The highest BCUT2D eigenvalue weighted by molar-refractivity contribution is 7.91. The topological polar surface area (TPSA) is 69.6 Å². The maximum absolute atomic E-state index is 12.0. The van der Waals surface area contributed by atoms with Gasteiger partial charge in [0, 0.05) is 5.90 Å². The number of sulfonamides is 1. The molecule has 8 heteroatoms. The molecule has 19 heavy (non-hydrogen) atoms. The lowest BCUT2D eigenvalue weighted by atomic mass is 10.0. The first-order chi connectivity index (χ1) is 8.54. The van der Waals surface area contributed by atoms with E-state index in [1.807, 2.05) is 13.8 Å². The highest BCUT2D eigenvalue weighted by Crippen LogP contribution is 2.25. The van der Waals surface area contributed by atoms with E-state index in [-0.39, 0.29) is 11.5 Å². The van der Waals surface area contributed by atoms with E-state index in [4.69, 9.17) is 0 Å². The molecule has 0 aliphatic rings. The number of hydrogen-bond donors (Lipinski definition) is 0. The van der Waals surface area contributed by atoms with E-state index in [2.05, 4.69) is 4.40 Å². The molecule has 4 nitrogen and oxygen atoms in total. The molecule has 0 aromatic heterocycles. The maximum atomic E-state index is 12.0. The first-order valence-corrected chi connectivity index (χ1v) is 6.67. The van der Waals surface area contributed by atoms with Crippen LogP contribution in [0.1, 0.15) is 30.9 Å². The summed E-state index contributed by atoms with van der Waals surface area (Å²) in [6, 6.07) is 5.56. The second-order valence-corrected chi connectivity index (χ2v) is 5.69. The van der Waals surface area contributed by atoms with Crippen LogP contribution in [0.15, 0.2) is 28.7 Å². The van der Waals surface area contributed by atoms with Crippen LogP contribution in [0.5, 0.6) is 0 Å². The van der Waals surface area contributed by atoms with Crippen LogP contribution in [0.3, 0.4) is 0 Å². The molecule has 0 aliphatic heterocycles. The molecule has 0 amide bonds. The van der Waals surface area contributed by atoms with Gasteiger partial charge in [-0.1, -0.05) is 38.1 Å². The Bertz CT molecular complexity index is 574. The molecular formula is C11H11F3NO3S-. The van der Waals surface area contributed by atoms with Crippen LogP contribution in [0.25, 0.3) is 0 Å². The zero-order valence-corrected chi connectivity index (χ0v) is 10.9. The first-order valence-electron chi connectivity index (χ1n) is 5.23. The SMILES string of the molecule is CC(C)c1ccc(/C([O-])=N/S(=O)(=O)C(F)(F)F)cc1. The van der Waals surface area contributed by atoms with E-state index in [0.717, 1.165) is 5.56 Å². The van der Waals surface area contributed by atoms with Crippen molar-refractivity contribution in [3.63, 3.8) is 0 Å². The van der Waals surface area contributed by atoms with E-state index in [1.165, 1.54) is 24.3 Å². The Morgan fingerprint density at radius 2 is 1.68 bits per heavy atom. The Balaban J connectivity index is 3.11. The van der Waals surface area contributed by atoms with Crippen molar-refractivity contribution in [3.05, 3.63) is 35.4 Å². The van der Waals surface area contributed by atoms with Crippen molar-refractivity contribution >= 4 is 15.9 Å². The number of rotatable bonds is 3. The van der Waals surface area contributed by atoms with Gasteiger partial charge in [0.05, 0.1) is 0 Å². The number of alkyl halides is 3. The van der Waals surface area contributed by atoms with Gasteiger partial charge in [-0.15, -0.1) is 0 Å². The summed E-state index contributed by atoms with van der Waals surface area (Å²) in [5.41, 5.74) is -4.91. The average Bonchev–Trinajstić information content (AvgIpc) is 2.27. The smallest absolute Gasteiger partial charge is 0.518 e. The normalized spacial score (nSPS) is 13.9. The van der Waals surface area contributed by atoms with Crippen LogP contribution in [-0.2, 0) is 10.0 Å². The number of halogens is 3. The van der Waals surface area contributed by atoms with Crippen molar-refractivity contribution < 1.29 is 26.7 Å². The quantitative estimate of drug-likeness (QED) is 0.630. The molecular weight excluding hydrogens is 283 g/mol. The average molecular weight is 294 g/mol. The summed E-state index contributed by atoms with van der Waals surface area (Å²) in [5.74, 6) is -1.26. The highest BCUT2D eigenvalue weighted by Gasteiger charge is 2.45. The Hall–Kier alpha value is -1.57. The predicted molar refractivity (Wildman–Crippen MR) is 62.0 cm³/mol. The second kappa shape index (κ2) is 5.20. The van der Waals surface area contributed by atoms with E-state index in [9.17, 15) is 26.7 Å². The summed E-state index contributed by atoms with van der Waals surface area (Å²) in [7, 11) is -5.80. The fourth-order valence-corrected chi connectivity index (χ4v) is 1.65. The van der Waals surface area contributed by atoms with E-state index < -0.39 is 21.4 Å². The van der Waals surface area contributed by atoms with Gasteiger partial charge < -0.3 is 5.11 Å². The summed E-state index contributed by atoms with van der Waals surface area (Å²) < 4.78 is 59.8. The molecule has 0 bridgehead atoms. The van der Waals surface area contributed by atoms with Crippen molar-refractivity contribution in [2.75, 3.05) is 0 Å². The molecule has 0 saturated carbocycles. The zero-order chi connectivity index (χ0) is 14.8. The molecule has 0 unspecified atom stereocenters. The molecule has 0 atom stereocenters. The summed E-state index contributed by atoms with van der Waals surface area (Å²) in [6.45, 7) is 3.80. The van der Waals surface area contributed by atoms with Gasteiger partial charge >= 0.3 is 15.5 Å². The monoisotopic (exact) mass is 294 g/mol. The minimum atomic E-state index is -5.80. The summed E-state index contributed by atoms with van der Waals surface area (Å²) in [5, 5.41) is 11.3. The molecule has 0 radical (unpaired) electrons. The van der Waals surface area contributed by atoms with Crippen LogP contribution in [0, 0.1) is 0 Å². The molecule has 0 spiro atoms. The van der Waals surface area contributed by atoms with E-state index in [1.54, 1.807) is 0 Å². The lowest BCUT2D eigenvalue weighted by molar-refractivity contribution is -0.212. The second-order valence-electron chi connectivity index (χ2n) is 4.09. The predicted octanol–water partition coefficient (Wildman–Crippen LogP) is 1.77. The van der Waals surface area contributed by atoms with Gasteiger partial charge in [0.15, 0.2) is 0 Å². The third-order valence-electron chi connectivity index (χ3n) is 2.32. The number of benzene rings is 1. The van der Waals surface area contributed by atoms with Crippen molar-refractivity contribution in [2.45, 2.75) is 25.3 Å². The van der Waals surface area contributed by atoms with Gasteiger partial charge in [-0.05, 0) is 17.0 Å². The lowest BCUT2D eigenvalue weighted by Gasteiger charge is -2.13. The van der Waals surface area contributed by atoms with Crippen molar-refractivity contribution in [1.82, 2.24) is 0 Å². The minimum Gasteiger partial charge on any atom is -0.858 e. The standard InChI is InChI=1S/C11H12F3NO3S/c1-7(2)8-3-5-9(6-4-8)10(16)15-19(17,18)11(12,13)14/h3-7H,1-2H3,(H,15,16)/p-1. The van der Waals surface area contributed by atoms with E-state index >= 15 is 0 Å². The van der Waals surface area contributed by atoms with Crippen LogP contribution < -0.4 is 5.11 Å². The fourth-order valence-electron chi connectivity index (χ4n) is 1.22. The van der Waals surface area contributed by atoms with Crippen LogP contribution in [-0.4, -0.2) is 19.8 Å². The fraction of sp³-hybridized carbons (Fsp3) is 0.364. The van der Waals surface area contributed by atoms with Gasteiger partial charge in [-0.2, -0.15) is 26.0 Å². The molecule has 1 rings (SSSR count). The molecule has 0 fully saturated rings. The Morgan fingerprint density at radius 1 is 1.21 bits per heavy atom. The van der Waals surface area contributed by atoms with Crippen molar-refractivity contribution in [3.8, 4) is 0 Å². The van der Waals surface area contributed by atoms with Crippen molar-refractivity contribution in [1.29, 1.82) is 0 Å². The number of nitrogens with zero attached hydrogens (tertiary/aromatic N) is 1. The van der Waals surface area contributed by atoms with Gasteiger partial charge in [0.2, 0.25) is 0 Å².